The Morgan fingerprint density at radius 3 is 2.70 bits per heavy atom. The summed E-state index contributed by atoms with van der Waals surface area (Å²) in [5.74, 6) is 0.258. The first-order valence-corrected chi connectivity index (χ1v) is 15.7. The van der Waals surface area contributed by atoms with Crippen LogP contribution in [0.3, 0.4) is 0 Å². The fourth-order valence-corrected chi connectivity index (χ4v) is 6.23. The zero-order chi connectivity index (χ0) is 31.6. The van der Waals surface area contributed by atoms with Crippen molar-refractivity contribution in [3.63, 3.8) is 0 Å². The number of likely N-dealkylation sites (N-methyl/N-ethyl adjacent to an activating group) is 1. The number of halogens is 1. The van der Waals surface area contributed by atoms with Gasteiger partial charge in [0.25, 0.3) is 0 Å². The SMILES string of the molecule is CN(C)CCOc1cc(F)cc(-c2ccnc3[nH]c(-c4n[nH]c5ccc(-c6cncc(NC(=O)C7CCCCC7)c6)cc45)cc23)c1. The first-order chi connectivity index (χ1) is 22.4. The third kappa shape index (κ3) is 6.21. The van der Waals surface area contributed by atoms with E-state index in [4.69, 9.17) is 4.74 Å². The summed E-state index contributed by atoms with van der Waals surface area (Å²) in [6.45, 7) is 1.18. The van der Waals surface area contributed by atoms with Gasteiger partial charge >= 0.3 is 0 Å². The molecule has 10 heteroatoms. The van der Waals surface area contributed by atoms with E-state index in [0.29, 0.717) is 29.3 Å². The van der Waals surface area contributed by atoms with E-state index >= 15 is 0 Å². The summed E-state index contributed by atoms with van der Waals surface area (Å²) in [7, 11) is 3.94. The van der Waals surface area contributed by atoms with Crippen LogP contribution >= 0.6 is 0 Å². The maximum atomic E-state index is 14.7. The van der Waals surface area contributed by atoms with Crippen LogP contribution in [-0.2, 0) is 4.79 Å². The number of nitrogens with one attached hydrogen (secondary N) is 3. The molecule has 3 N–H and O–H groups in total. The van der Waals surface area contributed by atoms with Gasteiger partial charge in [-0.3, -0.25) is 14.9 Å². The summed E-state index contributed by atoms with van der Waals surface area (Å²) in [6.07, 6.45) is 10.5. The second-order valence-corrected chi connectivity index (χ2v) is 12.3. The molecular formula is C36H36FN7O2. The molecule has 1 aliphatic carbocycles. The molecule has 0 radical (unpaired) electrons. The molecule has 0 bridgehead atoms. The lowest BCUT2D eigenvalue weighted by atomic mass is 9.88. The average molecular weight is 618 g/mol. The molecule has 46 heavy (non-hydrogen) atoms. The van der Waals surface area contributed by atoms with Gasteiger partial charge in [-0.15, -0.1) is 0 Å². The van der Waals surface area contributed by atoms with Gasteiger partial charge < -0.3 is 19.9 Å². The topological polar surface area (TPSA) is 112 Å². The van der Waals surface area contributed by atoms with Crippen LogP contribution in [0.2, 0.25) is 0 Å². The second kappa shape index (κ2) is 12.7. The Morgan fingerprint density at radius 2 is 1.85 bits per heavy atom. The number of benzene rings is 2. The first kappa shape index (κ1) is 29.6. The number of H-pyrrole nitrogens is 2. The van der Waals surface area contributed by atoms with Crippen molar-refractivity contribution in [3.8, 4) is 39.4 Å². The predicted molar refractivity (Wildman–Crippen MR) is 179 cm³/mol. The zero-order valence-corrected chi connectivity index (χ0v) is 25.9. The third-order valence-electron chi connectivity index (χ3n) is 8.65. The minimum absolute atomic E-state index is 0.0675. The Labute approximate surface area is 266 Å². The Hall–Kier alpha value is -5.09. The number of hydrogen-bond donors (Lipinski definition) is 3. The van der Waals surface area contributed by atoms with Crippen LogP contribution in [0.5, 0.6) is 5.75 Å². The molecule has 0 unspecified atom stereocenters. The van der Waals surface area contributed by atoms with Crippen LogP contribution in [0.4, 0.5) is 10.1 Å². The van der Waals surface area contributed by atoms with Gasteiger partial charge in [0.1, 0.15) is 29.5 Å². The molecule has 234 valence electrons. The van der Waals surface area contributed by atoms with Crippen LogP contribution in [0.1, 0.15) is 32.1 Å². The van der Waals surface area contributed by atoms with Gasteiger partial charge in [0, 0.05) is 47.3 Å². The van der Waals surface area contributed by atoms with E-state index in [0.717, 1.165) is 76.6 Å². The van der Waals surface area contributed by atoms with E-state index in [1.807, 2.05) is 55.4 Å². The number of aromatic nitrogens is 5. The highest BCUT2D eigenvalue weighted by molar-refractivity contribution is 6.01. The van der Waals surface area contributed by atoms with Crippen molar-refractivity contribution in [2.24, 2.45) is 5.92 Å². The standard InChI is InChI=1S/C36H36FN7O2/c1-44(2)12-13-46-28-16-24(14-26(37)18-28)29-10-11-39-35-30(29)19-33(41-35)34-31-17-23(8-9-32(31)42-43-34)25-15-27(21-38-20-25)40-36(45)22-6-4-3-5-7-22/h8-11,14-22H,3-7,12-13H2,1-2H3,(H,39,41)(H,40,45)(H,42,43). The highest BCUT2D eigenvalue weighted by atomic mass is 19.1. The molecular weight excluding hydrogens is 581 g/mol. The van der Waals surface area contributed by atoms with E-state index in [-0.39, 0.29) is 17.6 Å². The Morgan fingerprint density at radius 1 is 0.978 bits per heavy atom. The number of carbonyl (C=O) groups excluding carboxylic acids is 1. The van der Waals surface area contributed by atoms with Crippen LogP contribution < -0.4 is 10.1 Å². The van der Waals surface area contributed by atoms with E-state index in [1.165, 1.54) is 18.6 Å². The molecule has 0 spiro atoms. The molecule has 0 saturated heterocycles. The zero-order valence-electron chi connectivity index (χ0n) is 25.9. The molecule has 1 aliphatic rings. The molecule has 2 aromatic carbocycles. The summed E-state index contributed by atoms with van der Waals surface area (Å²) in [5.41, 5.74) is 7.15. The van der Waals surface area contributed by atoms with Gasteiger partial charge in [0.15, 0.2) is 0 Å². The number of ether oxygens (including phenoxy) is 1. The van der Waals surface area contributed by atoms with Gasteiger partial charge in [0.05, 0.1) is 23.1 Å². The number of rotatable bonds is 9. The number of anilines is 1. The number of hydrogen-bond acceptors (Lipinski definition) is 6. The number of pyridine rings is 2. The van der Waals surface area contributed by atoms with Gasteiger partial charge in [-0.1, -0.05) is 25.3 Å². The molecule has 4 heterocycles. The molecule has 7 rings (SSSR count). The maximum Gasteiger partial charge on any atom is 0.227 e. The Kier molecular flexibility index (Phi) is 8.19. The van der Waals surface area contributed by atoms with E-state index in [2.05, 4.69) is 36.5 Å². The van der Waals surface area contributed by atoms with Crippen LogP contribution in [0, 0.1) is 11.7 Å². The van der Waals surface area contributed by atoms with Gasteiger partial charge in [-0.05, 0) is 86.1 Å². The summed E-state index contributed by atoms with van der Waals surface area (Å²) in [5, 5.41) is 12.6. The number of carbonyl (C=O) groups is 1. The Bertz CT molecular complexity index is 2030. The van der Waals surface area contributed by atoms with Crippen molar-refractivity contribution in [1.82, 2.24) is 30.0 Å². The lowest BCUT2D eigenvalue weighted by Crippen LogP contribution is -2.24. The van der Waals surface area contributed by atoms with E-state index in [1.54, 1.807) is 18.6 Å². The van der Waals surface area contributed by atoms with Crippen LogP contribution in [0.25, 0.3) is 55.6 Å². The monoisotopic (exact) mass is 617 g/mol. The lowest BCUT2D eigenvalue weighted by molar-refractivity contribution is -0.120. The summed E-state index contributed by atoms with van der Waals surface area (Å²) in [4.78, 5) is 27.3. The fraction of sp³-hybridized carbons (Fsp3) is 0.278. The predicted octanol–water partition coefficient (Wildman–Crippen LogP) is 7.43. The second-order valence-electron chi connectivity index (χ2n) is 12.3. The largest absolute Gasteiger partial charge is 0.492 e. The molecule has 1 saturated carbocycles. The maximum absolute atomic E-state index is 14.7. The van der Waals surface area contributed by atoms with E-state index in [9.17, 15) is 9.18 Å². The third-order valence-corrected chi connectivity index (χ3v) is 8.65. The molecule has 9 nitrogen and oxygen atoms in total. The van der Waals surface area contributed by atoms with Crippen molar-refractivity contribution in [3.05, 3.63) is 79.0 Å². The lowest BCUT2D eigenvalue weighted by Gasteiger charge is -2.20. The molecule has 1 fully saturated rings. The van der Waals surface area contributed by atoms with Crippen molar-refractivity contribution in [2.45, 2.75) is 32.1 Å². The van der Waals surface area contributed by atoms with Crippen molar-refractivity contribution >= 4 is 33.5 Å². The van der Waals surface area contributed by atoms with Crippen LogP contribution in [0.15, 0.2) is 73.2 Å². The molecule has 1 amide bonds. The average Bonchev–Trinajstić information content (AvgIpc) is 3.69. The smallest absolute Gasteiger partial charge is 0.227 e. The quantitative estimate of drug-likeness (QED) is 0.156. The summed E-state index contributed by atoms with van der Waals surface area (Å²) in [6, 6.07) is 16.7. The first-order valence-electron chi connectivity index (χ1n) is 15.7. The molecule has 0 atom stereocenters. The van der Waals surface area contributed by atoms with Crippen molar-refractivity contribution < 1.29 is 13.9 Å². The Balaban J connectivity index is 1.19. The number of fused-ring (bicyclic) bond motifs is 2. The number of amides is 1. The minimum atomic E-state index is -0.365. The normalized spacial score (nSPS) is 13.9. The minimum Gasteiger partial charge on any atom is -0.492 e. The van der Waals surface area contributed by atoms with Gasteiger partial charge in [0.2, 0.25) is 5.91 Å². The fourth-order valence-electron chi connectivity index (χ4n) is 6.23. The molecule has 6 aromatic rings. The van der Waals surface area contributed by atoms with Crippen LogP contribution in [-0.4, -0.2) is 63.2 Å². The van der Waals surface area contributed by atoms with Gasteiger partial charge in [-0.2, -0.15) is 5.10 Å². The summed E-state index contributed by atoms with van der Waals surface area (Å²) >= 11 is 0. The van der Waals surface area contributed by atoms with E-state index < -0.39 is 0 Å². The van der Waals surface area contributed by atoms with Crippen molar-refractivity contribution in [2.75, 3.05) is 32.6 Å². The molecule has 0 aliphatic heterocycles. The molecule has 4 aromatic heterocycles. The number of nitrogens with zero attached hydrogens (tertiary/aromatic N) is 4. The summed E-state index contributed by atoms with van der Waals surface area (Å²) < 4.78 is 20.5. The highest BCUT2D eigenvalue weighted by Crippen LogP contribution is 2.36. The highest BCUT2D eigenvalue weighted by Gasteiger charge is 2.21. The number of aromatic amines is 2. The van der Waals surface area contributed by atoms with Crippen molar-refractivity contribution in [1.29, 1.82) is 0 Å². The van der Waals surface area contributed by atoms with Gasteiger partial charge in [-0.25, -0.2) is 9.37 Å².